The number of hydrogen-bond acceptors (Lipinski definition) is 12. The van der Waals surface area contributed by atoms with Crippen molar-refractivity contribution in [1.82, 2.24) is 0 Å². The fraction of sp³-hybridized carbons (Fsp3) is 1.00. The van der Waals surface area contributed by atoms with Crippen LogP contribution < -0.4 is 0 Å². The van der Waals surface area contributed by atoms with E-state index in [0.717, 1.165) is 135 Å². The van der Waals surface area contributed by atoms with Gasteiger partial charge >= 0.3 is 30.9 Å². The lowest BCUT2D eigenvalue weighted by Crippen LogP contribution is -2.60. The monoisotopic (exact) mass is 1970 g/mol. The van der Waals surface area contributed by atoms with Crippen molar-refractivity contribution in [2.45, 2.75) is 398 Å². The van der Waals surface area contributed by atoms with Crippen LogP contribution in [0.4, 0.5) is 65.9 Å². The van der Waals surface area contributed by atoms with Crippen LogP contribution in [0.5, 0.6) is 0 Å². The lowest BCUT2D eigenvalue weighted by Gasteiger charge is -2.43. The van der Waals surface area contributed by atoms with Crippen LogP contribution in [-0.4, -0.2) is 171 Å². The Labute approximate surface area is 786 Å². The van der Waals surface area contributed by atoms with Crippen molar-refractivity contribution >= 4 is 36.2 Å². The fourth-order valence-electron chi connectivity index (χ4n) is 29.4. The molecule has 16 bridgehead atoms. The second-order valence-electron chi connectivity index (χ2n) is 42.2. The number of ether oxygens (including phenoxy) is 8. The van der Waals surface area contributed by atoms with E-state index in [1.807, 2.05) is 0 Å². The maximum Gasteiger partial charge on any atom is 0.426 e. The van der Waals surface area contributed by atoms with Gasteiger partial charge in [0.05, 0.1) is 0 Å². The van der Waals surface area contributed by atoms with E-state index in [9.17, 15) is 65.9 Å². The van der Waals surface area contributed by atoms with Gasteiger partial charge in [0.15, 0.2) is 66.0 Å². The highest BCUT2D eigenvalue weighted by molar-refractivity contribution is 6.49. The highest BCUT2D eigenvalue weighted by Crippen LogP contribution is 2.75. The predicted octanol–water partition coefficient (Wildman–Crippen LogP) is 28.9. The molecule has 0 spiro atoms. The fourth-order valence-corrected chi connectivity index (χ4v) is 29.4. The molecule has 33 atom stereocenters. The maximum absolute atomic E-state index is 14.0. The Morgan fingerprint density at radius 1 is 0.315 bits per heavy atom. The number of rotatable bonds is 24. The zero-order chi connectivity index (χ0) is 89.1. The molecule has 0 aromatic carbocycles. The number of halogens is 15. The SMILES string of the molecule is C.C.C.C.C.C.C.C.CC(CC1CC2CC1C1C3CCC(C3)C21)(OC1CCCCO1)C(F)(F)F.CCOCOC(C)(CC1CC2CC1C1C3CCC(C3)C21)C(F)(F)F.CCOCOC(CC1CC2CC1C1C3CCC(C3)C21)(C(F)(F)F)C(F)(F)F.CO[SiH](C)C.CO[SiH](C)C.CO[SiH](C)C.CO[SiH](C)C.FC(F)(F)C(CC1CC2CC1C1C3CCC(C3)C21)OC1CCCCO1. The average Bonchev–Trinajstić information content (AvgIpc) is 1.63. The molecule has 0 amide bonds. The zero-order valence-corrected chi connectivity index (χ0v) is 80.9. The minimum Gasteiger partial charge on any atom is -0.424 e. The first-order chi connectivity index (χ1) is 57.4. The molecule has 2 aliphatic heterocycles. The molecule has 16 saturated carbocycles. The summed E-state index contributed by atoms with van der Waals surface area (Å²) in [6, 6.07) is 0. The molecule has 0 radical (unpaired) electrons. The van der Waals surface area contributed by atoms with Crippen molar-refractivity contribution in [2.75, 3.05) is 68.5 Å². The molecular formula is C99H187F15O12Si4. The van der Waals surface area contributed by atoms with Gasteiger partial charge in [-0.05, 0) is 438 Å². The minimum atomic E-state index is -5.53. The molecule has 2 saturated heterocycles. The summed E-state index contributed by atoms with van der Waals surface area (Å²) in [7, 11) is 4.44. The second-order valence-corrected chi connectivity index (χ2v) is 52.5. The highest BCUT2D eigenvalue weighted by atomic mass is 28.3. The zero-order valence-electron chi connectivity index (χ0n) is 76.2. The second kappa shape index (κ2) is 51.8. The Bertz CT molecular complexity index is 3110. The molecule has 2 heterocycles. The van der Waals surface area contributed by atoms with Crippen molar-refractivity contribution in [3.63, 3.8) is 0 Å². The Morgan fingerprint density at radius 3 is 0.869 bits per heavy atom. The summed E-state index contributed by atoms with van der Waals surface area (Å²) in [5, 5.41) is 0. The van der Waals surface area contributed by atoms with E-state index in [-0.39, 0.29) is 116 Å². The Hall–Kier alpha value is -0.662. The van der Waals surface area contributed by atoms with Crippen molar-refractivity contribution in [2.24, 2.45) is 166 Å². The van der Waals surface area contributed by atoms with E-state index >= 15 is 0 Å². The molecule has 130 heavy (non-hydrogen) atoms. The quantitative estimate of drug-likeness (QED) is 0.0302. The summed E-state index contributed by atoms with van der Waals surface area (Å²) in [6.45, 7) is 23.0. The van der Waals surface area contributed by atoms with Crippen LogP contribution in [0, 0.1) is 166 Å². The molecule has 18 aliphatic rings. The third kappa shape index (κ3) is 28.0. The summed E-state index contributed by atoms with van der Waals surface area (Å²) in [5.41, 5.74) is -8.29. The summed E-state index contributed by atoms with van der Waals surface area (Å²) >= 11 is 0. The van der Waals surface area contributed by atoms with Gasteiger partial charge in [-0.15, -0.1) is 0 Å². The van der Waals surface area contributed by atoms with Gasteiger partial charge in [0, 0.05) is 54.9 Å². The Balaban J connectivity index is 0.000000409. The smallest absolute Gasteiger partial charge is 0.424 e. The number of hydrogen-bond donors (Lipinski definition) is 0. The van der Waals surface area contributed by atoms with Crippen LogP contribution in [0.15, 0.2) is 0 Å². The molecule has 12 nitrogen and oxygen atoms in total. The largest absolute Gasteiger partial charge is 0.426 e. The standard InChI is InChI=1S/C21H31F3O2.C20H29F3O2.C19H26F6O2.C19H29F3O2.4C3H10OSi.8CH4/c1-20(21(22,23)24,26-17-4-2-3-7-25-17)11-15-9-14-10-16(15)19-13-6-5-12(8-13)18(14)19;21-20(22,23)16(25-17-3-1-2-6-24-17)10-13-8-14-9-15(13)19-12-5-4-11(7-12)18(14)19;1-2-26-9-27-17(18(20,21)22,19(23,24)25)8-13-6-12-7-14(13)16-11-4-3-10(5-11)15(12)16;1-3-23-10-24-18(2,19(20,21)22)9-14-7-13-8-15(14)17-12-5-4-11(6-12)16(13)17;4*1-4-5(2)3;;;;;;;;/h12-19H,2-11H2,1H3;11-19H,1-10H2;10-16H,2-9H2,1H3;11-17H,3-10H2,1-2H3;4*5H,1-3H3;8*1H4. The molecule has 776 valence electrons. The van der Waals surface area contributed by atoms with Crippen LogP contribution in [-0.2, 0) is 55.6 Å². The van der Waals surface area contributed by atoms with Gasteiger partial charge in [-0.3, -0.25) is 0 Å². The first-order valence-electron chi connectivity index (χ1n) is 47.8. The van der Waals surface area contributed by atoms with Crippen LogP contribution in [0.25, 0.3) is 0 Å². The molecule has 18 fully saturated rings. The van der Waals surface area contributed by atoms with E-state index in [1.54, 1.807) is 35.4 Å². The van der Waals surface area contributed by atoms with Crippen molar-refractivity contribution in [3.05, 3.63) is 0 Å². The first kappa shape index (κ1) is 123. The van der Waals surface area contributed by atoms with E-state index in [4.69, 9.17) is 50.9 Å². The average molecular weight is 1970 g/mol. The molecule has 0 aromatic heterocycles. The normalized spacial score (nSPS) is 37.8. The summed E-state index contributed by atoms with van der Waals surface area (Å²) in [6.07, 6.45) is 0.524. The highest BCUT2D eigenvalue weighted by Gasteiger charge is 2.75. The summed E-state index contributed by atoms with van der Waals surface area (Å²) < 4.78 is 267. The van der Waals surface area contributed by atoms with Gasteiger partial charge in [0.1, 0.15) is 13.6 Å². The van der Waals surface area contributed by atoms with E-state index in [0.29, 0.717) is 104 Å². The van der Waals surface area contributed by atoms with Crippen molar-refractivity contribution in [3.8, 4) is 0 Å². The van der Waals surface area contributed by atoms with Gasteiger partial charge in [-0.25, -0.2) is 0 Å². The lowest BCUT2D eigenvalue weighted by molar-refractivity contribution is -0.398. The molecule has 31 heteroatoms. The van der Waals surface area contributed by atoms with Gasteiger partial charge in [0.25, 0.3) is 5.60 Å². The molecule has 0 aromatic rings. The maximum atomic E-state index is 14.0. The molecule has 33 unspecified atom stereocenters. The first-order valence-corrected chi connectivity index (χ1v) is 58.9. The summed E-state index contributed by atoms with van der Waals surface area (Å²) in [4.78, 5) is 0. The number of fused-ring (bicyclic) bond motifs is 36. The van der Waals surface area contributed by atoms with E-state index in [1.165, 1.54) is 104 Å². The van der Waals surface area contributed by atoms with Gasteiger partial charge in [0.2, 0.25) is 0 Å². The third-order valence-corrected chi connectivity index (χ3v) is 38.2. The third-order valence-electron chi connectivity index (χ3n) is 34.5. The summed E-state index contributed by atoms with van der Waals surface area (Å²) in [5.74, 6) is 15.7. The van der Waals surface area contributed by atoms with Crippen LogP contribution in [0.3, 0.4) is 0 Å². The number of alkyl halides is 15. The predicted molar refractivity (Wildman–Crippen MR) is 504 cm³/mol. The van der Waals surface area contributed by atoms with Crippen molar-refractivity contribution in [1.29, 1.82) is 0 Å². The molecular weight excluding hydrogens is 1780 g/mol. The van der Waals surface area contributed by atoms with E-state index < -0.39 is 122 Å². The van der Waals surface area contributed by atoms with Gasteiger partial charge in [-0.1, -0.05) is 59.4 Å². The Kier molecular flexibility index (Phi) is 49.3. The lowest BCUT2D eigenvalue weighted by atomic mass is 9.65. The van der Waals surface area contributed by atoms with E-state index in [2.05, 4.69) is 57.1 Å². The molecule has 18 rings (SSSR count). The van der Waals surface area contributed by atoms with Gasteiger partial charge in [-0.2, -0.15) is 65.9 Å². The Morgan fingerprint density at radius 2 is 0.592 bits per heavy atom. The van der Waals surface area contributed by atoms with Crippen molar-refractivity contribution < 1.29 is 121 Å². The molecule has 0 N–H and O–H groups in total. The van der Waals surface area contributed by atoms with Crippen LogP contribution in [0.1, 0.15) is 280 Å². The minimum absolute atomic E-state index is 0. The topological polar surface area (TPSA) is 111 Å². The molecule has 16 aliphatic carbocycles. The van der Waals surface area contributed by atoms with Crippen LogP contribution >= 0.6 is 0 Å². The van der Waals surface area contributed by atoms with Crippen LogP contribution in [0.2, 0.25) is 52.4 Å². The van der Waals surface area contributed by atoms with Gasteiger partial charge < -0.3 is 55.6 Å².